The van der Waals surface area contributed by atoms with E-state index in [4.69, 9.17) is 5.73 Å². The van der Waals surface area contributed by atoms with Crippen LogP contribution in [0.5, 0.6) is 0 Å². The maximum atomic E-state index is 11.8. The number of unbranched alkanes of at least 4 members (excludes halogenated alkanes) is 3. The first-order valence-corrected chi connectivity index (χ1v) is 4.78. The first-order chi connectivity index (χ1) is 5.95. The molecule has 0 fully saturated rings. The van der Waals surface area contributed by atoms with Gasteiger partial charge in [0, 0.05) is 6.04 Å². The largest absolute Gasteiger partial charge is 0.390 e. The zero-order valence-electron chi connectivity index (χ0n) is 8.03. The van der Waals surface area contributed by atoms with Crippen molar-refractivity contribution in [2.45, 2.75) is 57.7 Å². The molecule has 0 heterocycles. The summed E-state index contributed by atoms with van der Waals surface area (Å²) in [6.45, 7) is 2.07. The fourth-order valence-electron chi connectivity index (χ4n) is 1.23. The maximum Gasteiger partial charge on any atom is 0.390 e. The maximum absolute atomic E-state index is 11.8. The van der Waals surface area contributed by atoms with Crippen LogP contribution >= 0.6 is 0 Å². The van der Waals surface area contributed by atoms with Crippen LogP contribution in [0.4, 0.5) is 13.2 Å². The molecule has 0 aliphatic rings. The fourth-order valence-corrected chi connectivity index (χ4v) is 1.23. The van der Waals surface area contributed by atoms with E-state index in [-0.39, 0.29) is 0 Å². The van der Waals surface area contributed by atoms with Gasteiger partial charge < -0.3 is 5.73 Å². The van der Waals surface area contributed by atoms with E-state index in [1.54, 1.807) is 0 Å². The SMILES string of the molecule is CCCCCCC(N)CC(F)(F)F. The monoisotopic (exact) mass is 197 g/mol. The van der Waals surface area contributed by atoms with Crippen LogP contribution in [0.1, 0.15) is 45.4 Å². The van der Waals surface area contributed by atoms with Gasteiger partial charge in [0.2, 0.25) is 0 Å². The van der Waals surface area contributed by atoms with Crippen molar-refractivity contribution in [3.8, 4) is 0 Å². The van der Waals surface area contributed by atoms with E-state index in [0.29, 0.717) is 6.42 Å². The predicted molar refractivity (Wildman–Crippen MR) is 47.4 cm³/mol. The van der Waals surface area contributed by atoms with E-state index in [1.807, 2.05) is 0 Å². The zero-order chi connectivity index (χ0) is 10.3. The minimum absolute atomic E-state index is 0.486. The van der Waals surface area contributed by atoms with E-state index < -0.39 is 18.6 Å². The van der Waals surface area contributed by atoms with Crippen LogP contribution in [0.15, 0.2) is 0 Å². The Morgan fingerprint density at radius 2 is 1.77 bits per heavy atom. The Kier molecular flexibility index (Phi) is 6.12. The van der Waals surface area contributed by atoms with E-state index in [0.717, 1.165) is 25.7 Å². The molecule has 0 aliphatic carbocycles. The van der Waals surface area contributed by atoms with Gasteiger partial charge in [0.15, 0.2) is 0 Å². The lowest BCUT2D eigenvalue weighted by Gasteiger charge is -2.13. The Morgan fingerprint density at radius 3 is 2.23 bits per heavy atom. The second-order valence-corrected chi connectivity index (χ2v) is 3.43. The number of halogens is 3. The molecule has 2 N–H and O–H groups in total. The summed E-state index contributed by atoms with van der Waals surface area (Å²) in [4.78, 5) is 0. The molecule has 0 aromatic rings. The minimum Gasteiger partial charge on any atom is -0.327 e. The number of alkyl halides is 3. The molecule has 0 radical (unpaired) electrons. The molecule has 1 nitrogen and oxygen atoms in total. The van der Waals surface area contributed by atoms with Crippen molar-refractivity contribution >= 4 is 0 Å². The second-order valence-electron chi connectivity index (χ2n) is 3.43. The number of hydrogen-bond acceptors (Lipinski definition) is 1. The molecule has 0 aliphatic heterocycles. The Morgan fingerprint density at radius 1 is 1.15 bits per heavy atom. The summed E-state index contributed by atoms with van der Waals surface area (Å²) in [7, 11) is 0. The molecule has 0 rings (SSSR count). The van der Waals surface area contributed by atoms with Crippen LogP contribution in [0.3, 0.4) is 0 Å². The first-order valence-electron chi connectivity index (χ1n) is 4.78. The molecule has 80 valence electrons. The summed E-state index contributed by atoms with van der Waals surface area (Å²) in [5, 5.41) is 0. The lowest BCUT2D eigenvalue weighted by molar-refractivity contribution is -0.138. The third kappa shape index (κ3) is 9.67. The number of rotatable bonds is 6. The Hall–Kier alpha value is -0.250. The third-order valence-corrected chi connectivity index (χ3v) is 1.92. The summed E-state index contributed by atoms with van der Waals surface area (Å²) in [6.07, 6.45) is -0.497. The molecule has 0 saturated heterocycles. The van der Waals surface area contributed by atoms with Crippen LogP contribution in [0, 0.1) is 0 Å². The highest BCUT2D eigenvalue weighted by Crippen LogP contribution is 2.22. The van der Waals surface area contributed by atoms with Crippen LogP contribution < -0.4 is 5.73 Å². The first kappa shape index (κ1) is 12.8. The molecule has 0 aromatic carbocycles. The van der Waals surface area contributed by atoms with Crippen molar-refractivity contribution in [2.75, 3.05) is 0 Å². The van der Waals surface area contributed by atoms with E-state index in [2.05, 4.69) is 6.92 Å². The molecular weight excluding hydrogens is 179 g/mol. The molecule has 0 aromatic heterocycles. The summed E-state index contributed by atoms with van der Waals surface area (Å²) >= 11 is 0. The van der Waals surface area contributed by atoms with Crippen LogP contribution in [0.25, 0.3) is 0 Å². The zero-order valence-corrected chi connectivity index (χ0v) is 8.03. The van der Waals surface area contributed by atoms with E-state index >= 15 is 0 Å². The van der Waals surface area contributed by atoms with Crippen molar-refractivity contribution in [1.82, 2.24) is 0 Å². The summed E-state index contributed by atoms with van der Waals surface area (Å²) in [5.74, 6) is 0. The molecule has 1 atom stereocenters. The molecule has 0 spiro atoms. The average Bonchev–Trinajstić information content (AvgIpc) is 1.94. The highest BCUT2D eigenvalue weighted by atomic mass is 19.4. The van der Waals surface area contributed by atoms with Gasteiger partial charge in [-0.2, -0.15) is 13.2 Å². The minimum atomic E-state index is -4.11. The van der Waals surface area contributed by atoms with Gasteiger partial charge >= 0.3 is 6.18 Å². The van der Waals surface area contributed by atoms with Crippen molar-refractivity contribution in [3.63, 3.8) is 0 Å². The molecular formula is C9H18F3N. The quantitative estimate of drug-likeness (QED) is 0.650. The smallest absolute Gasteiger partial charge is 0.327 e. The van der Waals surface area contributed by atoms with Gasteiger partial charge in [-0.3, -0.25) is 0 Å². The Labute approximate surface area is 77.5 Å². The second kappa shape index (κ2) is 6.24. The van der Waals surface area contributed by atoms with Crippen molar-refractivity contribution in [1.29, 1.82) is 0 Å². The molecule has 13 heavy (non-hydrogen) atoms. The summed E-state index contributed by atoms with van der Waals surface area (Å²) in [5.41, 5.74) is 5.32. The van der Waals surface area contributed by atoms with E-state index in [9.17, 15) is 13.2 Å². The fraction of sp³-hybridized carbons (Fsp3) is 1.00. The van der Waals surface area contributed by atoms with Crippen molar-refractivity contribution < 1.29 is 13.2 Å². The van der Waals surface area contributed by atoms with Crippen molar-refractivity contribution in [3.05, 3.63) is 0 Å². The van der Waals surface area contributed by atoms with Crippen molar-refractivity contribution in [2.24, 2.45) is 5.73 Å². The van der Waals surface area contributed by atoms with Crippen LogP contribution in [-0.4, -0.2) is 12.2 Å². The highest BCUT2D eigenvalue weighted by Gasteiger charge is 2.29. The standard InChI is InChI=1S/C9H18F3N/c1-2-3-4-5-6-8(13)7-9(10,11)12/h8H,2-7,13H2,1H3. The topological polar surface area (TPSA) is 26.0 Å². The van der Waals surface area contributed by atoms with Crippen LogP contribution in [-0.2, 0) is 0 Å². The Balaban J connectivity index is 3.35. The molecule has 4 heteroatoms. The van der Waals surface area contributed by atoms with Gasteiger partial charge in [0.25, 0.3) is 0 Å². The van der Waals surface area contributed by atoms with Gasteiger partial charge in [-0.15, -0.1) is 0 Å². The summed E-state index contributed by atoms with van der Waals surface area (Å²) in [6, 6.07) is -0.711. The molecule has 0 saturated carbocycles. The number of hydrogen-bond donors (Lipinski definition) is 1. The Bertz CT molecular complexity index is 123. The third-order valence-electron chi connectivity index (χ3n) is 1.92. The molecule has 0 bridgehead atoms. The van der Waals surface area contributed by atoms with Gasteiger partial charge in [-0.1, -0.05) is 32.6 Å². The van der Waals surface area contributed by atoms with Gasteiger partial charge in [-0.05, 0) is 6.42 Å². The highest BCUT2D eigenvalue weighted by molar-refractivity contribution is 4.66. The van der Waals surface area contributed by atoms with Crippen LogP contribution in [0.2, 0.25) is 0 Å². The lowest BCUT2D eigenvalue weighted by Crippen LogP contribution is -2.27. The number of nitrogens with two attached hydrogens (primary N) is 1. The predicted octanol–water partition coefficient (Wildman–Crippen LogP) is 3.24. The average molecular weight is 197 g/mol. The van der Waals surface area contributed by atoms with E-state index in [1.165, 1.54) is 0 Å². The lowest BCUT2D eigenvalue weighted by atomic mass is 10.1. The normalized spacial score (nSPS) is 14.5. The molecule has 1 unspecified atom stereocenters. The van der Waals surface area contributed by atoms with Gasteiger partial charge in [-0.25, -0.2) is 0 Å². The molecule has 0 amide bonds. The van der Waals surface area contributed by atoms with Gasteiger partial charge in [0.1, 0.15) is 0 Å². The van der Waals surface area contributed by atoms with Gasteiger partial charge in [0.05, 0.1) is 6.42 Å². The summed E-state index contributed by atoms with van der Waals surface area (Å²) < 4.78 is 35.4.